The summed E-state index contributed by atoms with van der Waals surface area (Å²) < 4.78 is 9.96. The van der Waals surface area contributed by atoms with Gasteiger partial charge in [-0.25, -0.2) is 0 Å². The summed E-state index contributed by atoms with van der Waals surface area (Å²) in [4.78, 5) is 34.4. The van der Waals surface area contributed by atoms with Crippen molar-refractivity contribution in [1.82, 2.24) is 0 Å². The van der Waals surface area contributed by atoms with E-state index in [4.69, 9.17) is 21.1 Å². The van der Waals surface area contributed by atoms with Gasteiger partial charge in [-0.2, -0.15) is 0 Å². The zero-order chi connectivity index (χ0) is 16.8. The van der Waals surface area contributed by atoms with Crippen LogP contribution >= 0.6 is 11.6 Å². The van der Waals surface area contributed by atoms with Crippen molar-refractivity contribution < 1.29 is 23.9 Å². The summed E-state index contributed by atoms with van der Waals surface area (Å²) in [6, 6.07) is 0. The lowest BCUT2D eigenvalue weighted by Crippen LogP contribution is -2.28. The maximum Gasteiger partial charge on any atom is 0.310 e. The Morgan fingerprint density at radius 2 is 1.55 bits per heavy atom. The SMILES string of the molecule is CCCCCCOC(=O)CC(OC(=O)CCCCC)C(=O)Cl. The molecule has 128 valence electrons. The first-order valence-corrected chi connectivity index (χ1v) is 8.43. The van der Waals surface area contributed by atoms with Gasteiger partial charge in [0.2, 0.25) is 0 Å². The number of esters is 2. The van der Waals surface area contributed by atoms with Crippen molar-refractivity contribution in [1.29, 1.82) is 0 Å². The van der Waals surface area contributed by atoms with Gasteiger partial charge in [0.05, 0.1) is 13.0 Å². The molecule has 22 heavy (non-hydrogen) atoms. The number of halogens is 1. The maximum atomic E-state index is 11.6. The van der Waals surface area contributed by atoms with Crippen LogP contribution in [0.1, 0.15) is 71.6 Å². The highest BCUT2D eigenvalue weighted by atomic mass is 35.5. The van der Waals surface area contributed by atoms with Crippen LogP contribution in [-0.4, -0.2) is 29.9 Å². The van der Waals surface area contributed by atoms with Crippen molar-refractivity contribution in [2.75, 3.05) is 6.61 Å². The molecule has 0 aliphatic carbocycles. The van der Waals surface area contributed by atoms with Gasteiger partial charge in [0.15, 0.2) is 6.10 Å². The number of hydrogen-bond acceptors (Lipinski definition) is 5. The summed E-state index contributed by atoms with van der Waals surface area (Å²) in [7, 11) is 0. The molecule has 6 heteroatoms. The van der Waals surface area contributed by atoms with Gasteiger partial charge in [-0.05, 0) is 24.4 Å². The van der Waals surface area contributed by atoms with Gasteiger partial charge in [-0.15, -0.1) is 0 Å². The summed E-state index contributed by atoms with van der Waals surface area (Å²) in [5.41, 5.74) is 0. The molecule has 0 aromatic carbocycles. The smallest absolute Gasteiger partial charge is 0.310 e. The van der Waals surface area contributed by atoms with Crippen LogP contribution < -0.4 is 0 Å². The van der Waals surface area contributed by atoms with E-state index < -0.39 is 23.3 Å². The van der Waals surface area contributed by atoms with E-state index >= 15 is 0 Å². The summed E-state index contributed by atoms with van der Waals surface area (Å²) in [6.45, 7) is 4.43. The van der Waals surface area contributed by atoms with E-state index in [1.54, 1.807) is 0 Å². The summed E-state index contributed by atoms with van der Waals surface area (Å²) in [6.07, 6.45) is 5.21. The van der Waals surface area contributed by atoms with Gasteiger partial charge in [0, 0.05) is 6.42 Å². The lowest BCUT2D eigenvalue weighted by Gasteiger charge is -2.13. The zero-order valence-corrected chi connectivity index (χ0v) is 14.3. The van der Waals surface area contributed by atoms with E-state index in [1.807, 2.05) is 6.92 Å². The molecule has 0 spiro atoms. The van der Waals surface area contributed by atoms with Crippen LogP contribution in [0.2, 0.25) is 0 Å². The Morgan fingerprint density at radius 1 is 0.909 bits per heavy atom. The molecule has 0 amide bonds. The first-order valence-electron chi connectivity index (χ1n) is 8.05. The molecule has 0 aromatic heterocycles. The summed E-state index contributed by atoms with van der Waals surface area (Å²) in [5.74, 6) is -1.08. The number of unbranched alkanes of at least 4 members (excludes halogenated alkanes) is 5. The molecule has 0 saturated carbocycles. The van der Waals surface area contributed by atoms with Crippen molar-refractivity contribution >= 4 is 28.8 Å². The molecular weight excluding hydrogens is 308 g/mol. The van der Waals surface area contributed by atoms with Crippen molar-refractivity contribution in [3.63, 3.8) is 0 Å². The Morgan fingerprint density at radius 3 is 2.14 bits per heavy atom. The highest BCUT2D eigenvalue weighted by Crippen LogP contribution is 2.09. The second-order valence-corrected chi connectivity index (χ2v) is 5.60. The molecule has 0 rings (SSSR count). The predicted molar refractivity (Wildman–Crippen MR) is 84.6 cm³/mol. The minimum Gasteiger partial charge on any atom is -0.466 e. The van der Waals surface area contributed by atoms with E-state index in [0.717, 1.165) is 38.5 Å². The molecule has 0 bridgehead atoms. The Balaban J connectivity index is 4.04. The molecule has 0 aliphatic heterocycles. The average Bonchev–Trinajstić information content (AvgIpc) is 2.46. The van der Waals surface area contributed by atoms with E-state index in [0.29, 0.717) is 13.0 Å². The highest BCUT2D eigenvalue weighted by Gasteiger charge is 2.25. The molecule has 0 aliphatic rings. The van der Waals surface area contributed by atoms with Gasteiger partial charge < -0.3 is 9.47 Å². The molecule has 1 atom stereocenters. The molecule has 0 fully saturated rings. The molecule has 0 heterocycles. The first-order chi connectivity index (χ1) is 10.5. The zero-order valence-electron chi connectivity index (χ0n) is 13.6. The van der Waals surface area contributed by atoms with Gasteiger partial charge in [-0.1, -0.05) is 46.0 Å². The number of rotatable bonds is 13. The molecule has 1 unspecified atom stereocenters. The van der Waals surface area contributed by atoms with Gasteiger partial charge in [-0.3, -0.25) is 14.4 Å². The van der Waals surface area contributed by atoms with Crippen LogP contribution in [0.25, 0.3) is 0 Å². The van der Waals surface area contributed by atoms with Gasteiger partial charge in [0.25, 0.3) is 5.24 Å². The topological polar surface area (TPSA) is 69.7 Å². The molecule has 0 radical (unpaired) electrons. The molecular formula is C16H27ClO5. The second-order valence-electron chi connectivity index (χ2n) is 5.22. The van der Waals surface area contributed by atoms with E-state index in [1.165, 1.54) is 0 Å². The van der Waals surface area contributed by atoms with Crippen LogP contribution in [0.3, 0.4) is 0 Å². The van der Waals surface area contributed by atoms with Crippen LogP contribution in [0.15, 0.2) is 0 Å². The van der Waals surface area contributed by atoms with Crippen molar-refractivity contribution in [2.45, 2.75) is 77.7 Å². The fraction of sp³-hybridized carbons (Fsp3) is 0.812. The number of carbonyl (C=O) groups excluding carboxylic acids is 3. The first kappa shape index (κ1) is 20.9. The van der Waals surface area contributed by atoms with Crippen LogP contribution in [-0.2, 0) is 23.9 Å². The van der Waals surface area contributed by atoms with Crippen LogP contribution in [0.4, 0.5) is 0 Å². The number of hydrogen-bond donors (Lipinski definition) is 0. The van der Waals surface area contributed by atoms with Crippen molar-refractivity contribution in [3.8, 4) is 0 Å². The highest BCUT2D eigenvalue weighted by molar-refractivity contribution is 6.64. The summed E-state index contributed by atoms with van der Waals surface area (Å²) in [5, 5.41) is -0.855. The Kier molecular flexibility index (Phi) is 12.9. The van der Waals surface area contributed by atoms with Gasteiger partial charge >= 0.3 is 11.9 Å². The Labute approximate surface area is 137 Å². The monoisotopic (exact) mass is 334 g/mol. The lowest BCUT2D eigenvalue weighted by atomic mass is 10.2. The second kappa shape index (κ2) is 13.6. The maximum absolute atomic E-state index is 11.6. The minimum absolute atomic E-state index is 0.223. The standard InChI is InChI=1S/C16H27ClO5/c1-3-5-7-9-11-21-15(19)12-13(16(17)20)22-14(18)10-8-6-4-2/h13H,3-12H2,1-2H3. The lowest BCUT2D eigenvalue weighted by molar-refractivity contribution is -0.158. The van der Waals surface area contributed by atoms with Crippen molar-refractivity contribution in [3.05, 3.63) is 0 Å². The van der Waals surface area contributed by atoms with E-state index in [-0.39, 0.29) is 12.8 Å². The molecule has 0 N–H and O–H groups in total. The van der Waals surface area contributed by atoms with E-state index in [2.05, 4.69) is 6.92 Å². The quantitative estimate of drug-likeness (QED) is 0.291. The van der Waals surface area contributed by atoms with Crippen LogP contribution in [0.5, 0.6) is 0 Å². The summed E-state index contributed by atoms with van der Waals surface area (Å²) >= 11 is 5.37. The Bertz CT molecular complexity index is 343. The van der Waals surface area contributed by atoms with E-state index in [9.17, 15) is 14.4 Å². The van der Waals surface area contributed by atoms with Crippen LogP contribution in [0, 0.1) is 0 Å². The molecule has 0 aromatic rings. The Hall–Kier alpha value is -1.10. The molecule has 5 nitrogen and oxygen atoms in total. The van der Waals surface area contributed by atoms with Crippen molar-refractivity contribution in [2.24, 2.45) is 0 Å². The normalized spacial score (nSPS) is 11.8. The number of carbonyl (C=O) groups is 3. The fourth-order valence-electron chi connectivity index (χ4n) is 1.83. The minimum atomic E-state index is -1.25. The fourth-order valence-corrected chi connectivity index (χ4v) is 1.95. The third-order valence-corrected chi connectivity index (χ3v) is 3.37. The predicted octanol–water partition coefficient (Wildman–Crippen LogP) is 3.76. The largest absolute Gasteiger partial charge is 0.466 e. The third-order valence-electron chi connectivity index (χ3n) is 3.12. The third kappa shape index (κ3) is 11.5. The average molecular weight is 335 g/mol. The van der Waals surface area contributed by atoms with Gasteiger partial charge in [0.1, 0.15) is 0 Å². The molecule has 0 saturated heterocycles. The number of ether oxygens (including phenoxy) is 2.